The van der Waals surface area contributed by atoms with E-state index in [1.165, 1.54) is 0 Å². The second kappa shape index (κ2) is 13.6. The summed E-state index contributed by atoms with van der Waals surface area (Å²) in [5, 5.41) is 16.5. The maximum absolute atomic E-state index is 12.9. The molecule has 1 aromatic carbocycles. The summed E-state index contributed by atoms with van der Waals surface area (Å²) in [7, 11) is 0. The van der Waals surface area contributed by atoms with E-state index >= 15 is 0 Å². The van der Waals surface area contributed by atoms with E-state index in [0.29, 0.717) is 5.56 Å². The molecule has 35 heavy (non-hydrogen) atoms. The summed E-state index contributed by atoms with van der Waals surface area (Å²) in [5.74, 6) is -6.13. The van der Waals surface area contributed by atoms with Gasteiger partial charge < -0.3 is 38.3 Å². The molecule has 0 saturated carbocycles. The van der Waals surface area contributed by atoms with Crippen LogP contribution in [0.4, 0.5) is 0 Å². The number of rotatable bonds is 14. The summed E-state index contributed by atoms with van der Waals surface area (Å²) in [6.07, 6.45) is -1.10. The van der Waals surface area contributed by atoms with Gasteiger partial charge in [0.05, 0.1) is 18.9 Å². The van der Waals surface area contributed by atoms with Crippen molar-refractivity contribution in [1.82, 2.24) is 16.0 Å². The Morgan fingerprint density at radius 1 is 0.800 bits per heavy atom. The van der Waals surface area contributed by atoms with Gasteiger partial charge in [-0.2, -0.15) is 0 Å². The third-order valence-electron chi connectivity index (χ3n) is 4.94. The highest BCUT2D eigenvalue weighted by atomic mass is 16.4. The van der Waals surface area contributed by atoms with Crippen molar-refractivity contribution >= 4 is 35.5 Å². The van der Waals surface area contributed by atoms with Crippen molar-refractivity contribution in [1.29, 1.82) is 0 Å². The normalized spacial score (nSPS) is 14.2. The van der Waals surface area contributed by atoms with Crippen LogP contribution in [0.5, 0.6) is 0 Å². The van der Waals surface area contributed by atoms with Crippen LogP contribution in [0.15, 0.2) is 30.3 Å². The molecule has 0 fully saturated rings. The van der Waals surface area contributed by atoms with Crippen LogP contribution >= 0.6 is 0 Å². The fourth-order valence-electron chi connectivity index (χ4n) is 3.10. The second-order valence-electron chi connectivity index (χ2n) is 8.33. The average Bonchev–Trinajstić information content (AvgIpc) is 2.75. The zero-order valence-corrected chi connectivity index (χ0v) is 19.5. The van der Waals surface area contributed by atoms with E-state index in [2.05, 4.69) is 16.0 Å². The Labute approximate surface area is 202 Å². The number of carboxylic acids is 1. The molecule has 1 rings (SSSR count). The molecule has 1 aromatic rings. The number of nitrogens with two attached hydrogens (primary N) is 3. The number of benzene rings is 1. The Morgan fingerprint density at radius 2 is 1.34 bits per heavy atom. The van der Waals surface area contributed by atoms with Crippen LogP contribution in [0.1, 0.15) is 32.3 Å². The molecule has 0 spiro atoms. The van der Waals surface area contributed by atoms with Crippen molar-refractivity contribution < 1.29 is 33.9 Å². The summed E-state index contributed by atoms with van der Waals surface area (Å²) < 4.78 is 0. The molecule has 4 atom stereocenters. The third-order valence-corrected chi connectivity index (χ3v) is 4.94. The Morgan fingerprint density at radius 3 is 1.83 bits per heavy atom. The lowest BCUT2D eigenvalue weighted by Crippen LogP contribution is -2.59. The fourth-order valence-corrected chi connectivity index (χ4v) is 3.10. The minimum absolute atomic E-state index is 0.0401. The molecule has 0 heterocycles. The molecule has 13 heteroatoms. The molecule has 0 saturated heterocycles. The fraction of sp³-hybridized carbons (Fsp3) is 0.455. The molecule has 4 unspecified atom stereocenters. The maximum Gasteiger partial charge on any atom is 0.326 e. The van der Waals surface area contributed by atoms with Gasteiger partial charge in [0.25, 0.3) is 0 Å². The Bertz CT molecular complexity index is 937. The van der Waals surface area contributed by atoms with Gasteiger partial charge in [0.1, 0.15) is 18.1 Å². The molecule has 0 aliphatic heterocycles. The minimum Gasteiger partial charge on any atom is -0.480 e. The first kappa shape index (κ1) is 29.0. The van der Waals surface area contributed by atoms with Gasteiger partial charge in [0, 0.05) is 6.42 Å². The molecule has 0 aliphatic rings. The Hall–Kier alpha value is -4.00. The van der Waals surface area contributed by atoms with Crippen molar-refractivity contribution in [2.45, 2.75) is 57.3 Å². The first-order valence-electron chi connectivity index (χ1n) is 10.8. The number of primary amides is 2. The van der Waals surface area contributed by atoms with Crippen LogP contribution in [-0.2, 0) is 35.2 Å². The summed E-state index contributed by atoms with van der Waals surface area (Å²) in [5.41, 5.74) is 16.5. The minimum atomic E-state index is -1.50. The van der Waals surface area contributed by atoms with Gasteiger partial charge in [0.15, 0.2) is 0 Å². The topological polar surface area (TPSA) is 237 Å². The van der Waals surface area contributed by atoms with Crippen LogP contribution in [0.3, 0.4) is 0 Å². The molecule has 13 nitrogen and oxygen atoms in total. The maximum atomic E-state index is 12.9. The van der Waals surface area contributed by atoms with Crippen molar-refractivity contribution in [3.05, 3.63) is 35.9 Å². The number of carbonyl (C=O) groups is 6. The van der Waals surface area contributed by atoms with E-state index in [1.54, 1.807) is 44.2 Å². The molecule has 0 aliphatic carbocycles. The van der Waals surface area contributed by atoms with Crippen LogP contribution in [0.25, 0.3) is 0 Å². The van der Waals surface area contributed by atoms with Crippen LogP contribution in [0, 0.1) is 5.92 Å². The van der Waals surface area contributed by atoms with E-state index < -0.39 is 78.4 Å². The zero-order chi connectivity index (χ0) is 26.7. The highest BCUT2D eigenvalue weighted by molar-refractivity contribution is 5.96. The summed E-state index contributed by atoms with van der Waals surface area (Å²) in [6.45, 7) is 3.21. The summed E-state index contributed by atoms with van der Waals surface area (Å²) in [6, 6.07) is 3.21. The predicted octanol–water partition coefficient (Wildman–Crippen LogP) is -2.50. The van der Waals surface area contributed by atoms with Crippen LogP contribution in [-0.4, -0.2) is 64.8 Å². The average molecular weight is 493 g/mol. The predicted molar refractivity (Wildman–Crippen MR) is 124 cm³/mol. The third kappa shape index (κ3) is 10.2. The van der Waals surface area contributed by atoms with Gasteiger partial charge in [-0.05, 0) is 11.5 Å². The Kier molecular flexibility index (Phi) is 11.3. The van der Waals surface area contributed by atoms with Crippen molar-refractivity contribution in [2.24, 2.45) is 23.1 Å². The monoisotopic (exact) mass is 492 g/mol. The van der Waals surface area contributed by atoms with E-state index in [0.717, 1.165) is 0 Å². The lowest BCUT2D eigenvalue weighted by Gasteiger charge is -2.26. The van der Waals surface area contributed by atoms with Crippen LogP contribution < -0.4 is 33.2 Å². The molecule has 10 N–H and O–H groups in total. The zero-order valence-electron chi connectivity index (χ0n) is 19.5. The number of aliphatic carboxylic acids is 1. The van der Waals surface area contributed by atoms with Crippen molar-refractivity contribution in [3.63, 3.8) is 0 Å². The summed E-state index contributed by atoms with van der Waals surface area (Å²) >= 11 is 0. The van der Waals surface area contributed by atoms with Gasteiger partial charge in [0.2, 0.25) is 29.5 Å². The molecule has 0 aromatic heterocycles. The lowest BCUT2D eigenvalue weighted by atomic mass is 10.0. The second-order valence-corrected chi connectivity index (χ2v) is 8.33. The molecular formula is C22H32N6O7. The highest BCUT2D eigenvalue weighted by Gasteiger charge is 2.32. The van der Waals surface area contributed by atoms with E-state index in [-0.39, 0.29) is 6.42 Å². The summed E-state index contributed by atoms with van der Waals surface area (Å²) in [4.78, 5) is 72.1. The van der Waals surface area contributed by atoms with E-state index in [4.69, 9.17) is 17.2 Å². The molecule has 192 valence electrons. The quantitative estimate of drug-likeness (QED) is 0.146. The van der Waals surface area contributed by atoms with Gasteiger partial charge in [-0.25, -0.2) is 4.79 Å². The number of carbonyl (C=O) groups excluding carboxylic acids is 5. The van der Waals surface area contributed by atoms with Crippen molar-refractivity contribution in [3.8, 4) is 0 Å². The van der Waals surface area contributed by atoms with Crippen LogP contribution in [0.2, 0.25) is 0 Å². The molecule has 5 amide bonds. The first-order valence-corrected chi connectivity index (χ1v) is 10.8. The molecule has 0 radical (unpaired) electrons. The Balaban J connectivity index is 2.98. The lowest BCUT2D eigenvalue weighted by molar-refractivity contribution is -0.142. The van der Waals surface area contributed by atoms with E-state index in [1.807, 2.05) is 0 Å². The SMILES string of the molecule is CC(C)C(NC(=O)C(N)CC(N)=O)C(=O)NC(CC(N)=O)C(=O)NC(Cc1ccccc1)C(=O)O. The van der Waals surface area contributed by atoms with E-state index in [9.17, 15) is 33.9 Å². The van der Waals surface area contributed by atoms with Crippen molar-refractivity contribution in [2.75, 3.05) is 0 Å². The standard InChI is InChI=1S/C22H32N6O7/c1-11(2)18(28-19(31)13(23)9-16(24)29)21(33)26-14(10-17(25)30)20(32)27-15(22(34)35)8-12-6-4-3-5-7-12/h3-7,11,13-15,18H,8-10,23H2,1-2H3,(H2,24,29)(H2,25,30)(H,26,33)(H,27,32)(H,28,31)(H,34,35). The number of hydrogen-bond acceptors (Lipinski definition) is 7. The number of amides is 5. The van der Waals surface area contributed by atoms with Gasteiger partial charge in [-0.3, -0.25) is 24.0 Å². The number of carboxylic acid groups (broad SMARTS) is 1. The van der Waals surface area contributed by atoms with Gasteiger partial charge >= 0.3 is 5.97 Å². The molecular weight excluding hydrogens is 460 g/mol. The number of nitrogens with one attached hydrogen (secondary N) is 3. The molecule has 0 bridgehead atoms. The van der Waals surface area contributed by atoms with Gasteiger partial charge in [-0.15, -0.1) is 0 Å². The first-order chi connectivity index (χ1) is 16.3. The van der Waals surface area contributed by atoms with Gasteiger partial charge in [-0.1, -0.05) is 44.2 Å². The smallest absolute Gasteiger partial charge is 0.326 e. The highest BCUT2D eigenvalue weighted by Crippen LogP contribution is 2.07. The number of hydrogen-bond donors (Lipinski definition) is 7. The largest absolute Gasteiger partial charge is 0.480 e.